The van der Waals surface area contributed by atoms with Gasteiger partial charge < -0.3 is 15.5 Å². The summed E-state index contributed by atoms with van der Waals surface area (Å²) in [5.74, 6) is 1.98. The molecule has 5 heteroatoms. The average Bonchev–Trinajstić information content (AvgIpc) is 2.68. The Morgan fingerprint density at radius 1 is 0.885 bits per heavy atom. The average molecular weight is 364 g/mol. The van der Waals surface area contributed by atoms with Crippen LogP contribution >= 0.6 is 0 Å². The fourth-order valence-electron chi connectivity index (χ4n) is 4.79. The van der Waals surface area contributed by atoms with E-state index in [4.69, 9.17) is 0 Å². The molecule has 0 aromatic heterocycles. The summed E-state index contributed by atoms with van der Waals surface area (Å²) >= 11 is 0. The summed E-state index contributed by atoms with van der Waals surface area (Å²) in [4.78, 5) is 26.7. The van der Waals surface area contributed by atoms with Crippen molar-refractivity contribution in [2.24, 2.45) is 17.8 Å². The molecule has 2 aliphatic carbocycles. The molecule has 0 aromatic carbocycles. The number of nitrogens with zero attached hydrogens (tertiary/aromatic N) is 1. The van der Waals surface area contributed by atoms with Crippen molar-refractivity contribution in [2.75, 3.05) is 19.6 Å². The maximum Gasteiger partial charge on any atom is 0.317 e. The quantitative estimate of drug-likeness (QED) is 0.800. The number of likely N-dealkylation sites (tertiary alicyclic amines) is 1. The number of piperidine rings is 1. The van der Waals surface area contributed by atoms with Gasteiger partial charge in [0, 0.05) is 31.6 Å². The summed E-state index contributed by atoms with van der Waals surface area (Å²) in [5.41, 5.74) is 0. The van der Waals surface area contributed by atoms with Crippen molar-refractivity contribution in [1.82, 2.24) is 15.5 Å². The number of nitrogens with one attached hydrogen (secondary N) is 2. The predicted octanol–water partition coefficient (Wildman–Crippen LogP) is 3.68. The van der Waals surface area contributed by atoms with Gasteiger partial charge in [0.1, 0.15) is 0 Å². The third-order valence-corrected chi connectivity index (χ3v) is 6.78. The standard InChI is InChI=1S/C21H37N3O2/c1-16-7-9-17(10-8-16)15-22-21(26)24-13-11-19(12-14-24)23-20(25)18-5-3-2-4-6-18/h16-19H,2-15H2,1H3,(H,22,26)(H,23,25). The maximum atomic E-state index is 12.4. The summed E-state index contributed by atoms with van der Waals surface area (Å²) in [5, 5.41) is 6.38. The Labute approximate surface area is 158 Å². The van der Waals surface area contributed by atoms with Gasteiger partial charge >= 0.3 is 6.03 Å². The molecule has 0 atom stereocenters. The van der Waals surface area contributed by atoms with E-state index >= 15 is 0 Å². The summed E-state index contributed by atoms with van der Waals surface area (Å²) < 4.78 is 0. The zero-order valence-corrected chi connectivity index (χ0v) is 16.5. The fourth-order valence-corrected chi connectivity index (χ4v) is 4.79. The van der Waals surface area contributed by atoms with Crippen molar-refractivity contribution < 1.29 is 9.59 Å². The summed E-state index contributed by atoms with van der Waals surface area (Å²) in [7, 11) is 0. The van der Waals surface area contributed by atoms with Gasteiger partial charge in [0.25, 0.3) is 0 Å². The molecule has 3 amide bonds. The second kappa shape index (κ2) is 9.61. The highest BCUT2D eigenvalue weighted by Crippen LogP contribution is 2.28. The molecule has 1 heterocycles. The molecule has 3 rings (SSSR count). The molecule has 0 aromatic rings. The van der Waals surface area contributed by atoms with Crippen LogP contribution in [0.25, 0.3) is 0 Å². The van der Waals surface area contributed by atoms with E-state index in [1.54, 1.807) is 0 Å². The van der Waals surface area contributed by atoms with Crippen LogP contribution in [0.2, 0.25) is 0 Å². The van der Waals surface area contributed by atoms with E-state index in [2.05, 4.69) is 17.6 Å². The number of hydrogen-bond acceptors (Lipinski definition) is 2. The minimum Gasteiger partial charge on any atom is -0.353 e. The van der Waals surface area contributed by atoms with Gasteiger partial charge in [-0.3, -0.25) is 4.79 Å². The van der Waals surface area contributed by atoms with Gasteiger partial charge in [-0.05, 0) is 50.4 Å². The van der Waals surface area contributed by atoms with Gasteiger partial charge in [-0.15, -0.1) is 0 Å². The molecule has 2 N–H and O–H groups in total. The number of amides is 3. The molecule has 3 aliphatic rings. The van der Waals surface area contributed by atoms with Gasteiger partial charge in [0.05, 0.1) is 0 Å². The Hall–Kier alpha value is -1.26. The topological polar surface area (TPSA) is 61.4 Å². The van der Waals surface area contributed by atoms with Crippen molar-refractivity contribution >= 4 is 11.9 Å². The van der Waals surface area contributed by atoms with Crippen LogP contribution in [-0.2, 0) is 4.79 Å². The minimum absolute atomic E-state index is 0.0840. The second-order valence-electron chi connectivity index (χ2n) is 8.92. The first-order chi connectivity index (χ1) is 12.6. The molecule has 1 aliphatic heterocycles. The highest BCUT2D eigenvalue weighted by molar-refractivity contribution is 5.79. The number of urea groups is 1. The highest BCUT2D eigenvalue weighted by Gasteiger charge is 2.27. The smallest absolute Gasteiger partial charge is 0.317 e. The van der Waals surface area contributed by atoms with Crippen molar-refractivity contribution in [3.05, 3.63) is 0 Å². The Kier molecular flexibility index (Phi) is 7.21. The van der Waals surface area contributed by atoms with E-state index in [0.29, 0.717) is 5.92 Å². The number of carbonyl (C=O) groups excluding carboxylic acids is 2. The molecular formula is C21H37N3O2. The normalized spacial score (nSPS) is 28.6. The number of rotatable bonds is 4. The van der Waals surface area contributed by atoms with Crippen molar-refractivity contribution in [3.63, 3.8) is 0 Å². The lowest BCUT2D eigenvalue weighted by atomic mass is 9.83. The van der Waals surface area contributed by atoms with Crippen LogP contribution in [-0.4, -0.2) is 42.5 Å². The first-order valence-electron chi connectivity index (χ1n) is 10.9. The third-order valence-electron chi connectivity index (χ3n) is 6.78. The second-order valence-corrected chi connectivity index (χ2v) is 8.92. The monoisotopic (exact) mass is 363 g/mol. The molecule has 148 valence electrons. The van der Waals surface area contributed by atoms with Crippen LogP contribution in [0.3, 0.4) is 0 Å². The van der Waals surface area contributed by atoms with Crippen LogP contribution in [0.15, 0.2) is 0 Å². The van der Waals surface area contributed by atoms with Crippen molar-refractivity contribution in [1.29, 1.82) is 0 Å². The fraction of sp³-hybridized carbons (Fsp3) is 0.905. The van der Waals surface area contributed by atoms with Crippen LogP contribution in [0.5, 0.6) is 0 Å². The Morgan fingerprint density at radius 2 is 1.54 bits per heavy atom. The Balaban J connectivity index is 1.32. The molecule has 0 spiro atoms. The third kappa shape index (κ3) is 5.62. The van der Waals surface area contributed by atoms with Gasteiger partial charge in [-0.25, -0.2) is 4.79 Å². The van der Waals surface area contributed by atoms with E-state index in [1.807, 2.05) is 4.90 Å². The zero-order valence-electron chi connectivity index (χ0n) is 16.5. The lowest BCUT2D eigenvalue weighted by molar-refractivity contribution is -0.126. The van der Waals surface area contributed by atoms with E-state index in [1.165, 1.54) is 44.9 Å². The van der Waals surface area contributed by atoms with Gasteiger partial charge in [0.2, 0.25) is 5.91 Å². The van der Waals surface area contributed by atoms with E-state index in [9.17, 15) is 9.59 Å². The van der Waals surface area contributed by atoms with Crippen LogP contribution in [0, 0.1) is 17.8 Å². The molecular weight excluding hydrogens is 326 g/mol. The lowest BCUT2D eigenvalue weighted by Gasteiger charge is -2.34. The maximum absolute atomic E-state index is 12.4. The lowest BCUT2D eigenvalue weighted by Crippen LogP contribution is -2.51. The highest BCUT2D eigenvalue weighted by atomic mass is 16.2. The zero-order chi connectivity index (χ0) is 18.4. The molecule has 5 nitrogen and oxygen atoms in total. The summed E-state index contributed by atoms with van der Waals surface area (Å²) in [6.07, 6.45) is 12.6. The molecule has 0 bridgehead atoms. The molecule has 0 radical (unpaired) electrons. The van der Waals surface area contributed by atoms with Gasteiger partial charge in [0.15, 0.2) is 0 Å². The van der Waals surface area contributed by atoms with Crippen LogP contribution in [0.1, 0.15) is 77.6 Å². The minimum atomic E-state index is 0.0840. The predicted molar refractivity (Wildman–Crippen MR) is 104 cm³/mol. The van der Waals surface area contributed by atoms with Crippen LogP contribution < -0.4 is 10.6 Å². The van der Waals surface area contributed by atoms with E-state index < -0.39 is 0 Å². The molecule has 0 unspecified atom stereocenters. The first-order valence-corrected chi connectivity index (χ1v) is 10.9. The Morgan fingerprint density at radius 3 is 2.19 bits per heavy atom. The van der Waals surface area contributed by atoms with Gasteiger partial charge in [-0.2, -0.15) is 0 Å². The first kappa shape index (κ1) is 19.5. The SMILES string of the molecule is CC1CCC(CNC(=O)N2CCC(NC(=O)C3CCCCC3)CC2)CC1. The molecule has 2 saturated carbocycles. The number of hydrogen-bond donors (Lipinski definition) is 2. The van der Waals surface area contributed by atoms with Crippen LogP contribution in [0.4, 0.5) is 4.79 Å². The Bertz CT molecular complexity index is 460. The molecule has 3 fully saturated rings. The van der Waals surface area contributed by atoms with Gasteiger partial charge in [-0.1, -0.05) is 39.0 Å². The van der Waals surface area contributed by atoms with E-state index in [0.717, 1.165) is 51.2 Å². The summed E-state index contributed by atoms with van der Waals surface area (Å²) in [6, 6.07) is 0.328. The summed E-state index contributed by atoms with van der Waals surface area (Å²) in [6.45, 7) is 4.65. The number of carbonyl (C=O) groups is 2. The van der Waals surface area contributed by atoms with Crippen molar-refractivity contribution in [3.8, 4) is 0 Å². The van der Waals surface area contributed by atoms with E-state index in [-0.39, 0.29) is 23.9 Å². The largest absolute Gasteiger partial charge is 0.353 e. The molecule has 26 heavy (non-hydrogen) atoms. The molecule has 1 saturated heterocycles. The van der Waals surface area contributed by atoms with Crippen molar-refractivity contribution in [2.45, 2.75) is 83.6 Å².